The molecule has 0 amide bonds. The molecular weight excluding hydrogens is 371 g/mol. The van der Waals surface area contributed by atoms with Crippen LogP contribution < -0.4 is 5.56 Å². The SMILES string of the molecule is Cc1ccc(Cn2c(SCc3cccc(F)c3)nc3ccccc3c2=O)cc1. The fourth-order valence-electron chi connectivity index (χ4n) is 3.05. The van der Waals surface area contributed by atoms with Crippen molar-refractivity contribution < 1.29 is 4.39 Å². The van der Waals surface area contributed by atoms with Crippen LogP contribution in [0.5, 0.6) is 0 Å². The maximum absolute atomic E-state index is 13.5. The quantitative estimate of drug-likeness (QED) is 0.348. The van der Waals surface area contributed by atoms with Gasteiger partial charge in [0.25, 0.3) is 5.56 Å². The molecule has 28 heavy (non-hydrogen) atoms. The molecule has 0 fully saturated rings. The van der Waals surface area contributed by atoms with Crippen molar-refractivity contribution in [2.45, 2.75) is 24.4 Å². The summed E-state index contributed by atoms with van der Waals surface area (Å²) < 4.78 is 15.2. The van der Waals surface area contributed by atoms with Gasteiger partial charge in [0.05, 0.1) is 17.4 Å². The van der Waals surface area contributed by atoms with E-state index in [-0.39, 0.29) is 11.4 Å². The summed E-state index contributed by atoms with van der Waals surface area (Å²) in [5.74, 6) is 0.276. The first kappa shape index (κ1) is 18.4. The predicted molar refractivity (Wildman–Crippen MR) is 112 cm³/mol. The zero-order valence-corrected chi connectivity index (χ0v) is 16.2. The molecule has 1 aromatic heterocycles. The highest BCUT2D eigenvalue weighted by molar-refractivity contribution is 7.98. The summed E-state index contributed by atoms with van der Waals surface area (Å²) >= 11 is 1.45. The smallest absolute Gasteiger partial charge is 0.262 e. The molecule has 5 heteroatoms. The average Bonchev–Trinajstić information content (AvgIpc) is 2.70. The standard InChI is InChI=1S/C23H19FN2OS/c1-16-9-11-17(12-10-16)14-26-22(27)20-7-2-3-8-21(20)25-23(26)28-15-18-5-4-6-19(24)13-18/h2-13H,14-15H2,1H3. The van der Waals surface area contributed by atoms with E-state index in [2.05, 4.69) is 0 Å². The molecule has 1 heterocycles. The summed E-state index contributed by atoms with van der Waals surface area (Å²) in [6, 6.07) is 22.0. The van der Waals surface area contributed by atoms with Gasteiger partial charge in [0.2, 0.25) is 0 Å². The van der Waals surface area contributed by atoms with Crippen molar-refractivity contribution in [2.24, 2.45) is 0 Å². The molecule has 0 aliphatic heterocycles. The number of benzene rings is 3. The molecular formula is C23H19FN2OS. The van der Waals surface area contributed by atoms with Crippen molar-refractivity contribution in [2.75, 3.05) is 0 Å². The van der Waals surface area contributed by atoms with E-state index >= 15 is 0 Å². The first-order valence-electron chi connectivity index (χ1n) is 9.02. The van der Waals surface area contributed by atoms with Crippen LogP contribution in [-0.4, -0.2) is 9.55 Å². The lowest BCUT2D eigenvalue weighted by molar-refractivity contribution is 0.626. The molecule has 0 saturated carbocycles. The summed E-state index contributed by atoms with van der Waals surface area (Å²) in [6.45, 7) is 2.48. The first-order chi connectivity index (χ1) is 13.6. The number of hydrogen-bond donors (Lipinski definition) is 0. The maximum atomic E-state index is 13.5. The summed E-state index contributed by atoms with van der Waals surface area (Å²) in [7, 11) is 0. The molecule has 0 aliphatic rings. The zero-order valence-electron chi connectivity index (χ0n) is 15.4. The molecule has 3 aromatic carbocycles. The van der Waals surface area contributed by atoms with Crippen molar-refractivity contribution in [3.8, 4) is 0 Å². The highest BCUT2D eigenvalue weighted by Gasteiger charge is 2.12. The number of hydrogen-bond acceptors (Lipinski definition) is 3. The Balaban J connectivity index is 1.74. The minimum atomic E-state index is -0.262. The molecule has 0 aliphatic carbocycles. The number of rotatable bonds is 5. The van der Waals surface area contributed by atoms with Crippen molar-refractivity contribution in [3.05, 3.63) is 106 Å². The lowest BCUT2D eigenvalue weighted by Gasteiger charge is -2.13. The normalized spacial score (nSPS) is 11.1. The van der Waals surface area contributed by atoms with Gasteiger partial charge < -0.3 is 0 Å². The van der Waals surface area contributed by atoms with Crippen LogP contribution in [0.15, 0.2) is 82.7 Å². The number of para-hydroxylation sites is 1. The Kier molecular flexibility index (Phi) is 5.26. The first-order valence-corrected chi connectivity index (χ1v) is 10.0. The van der Waals surface area contributed by atoms with Gasteiger partial charge in [0, 0.05) is 5.75 Å². The van der Waals surface area contributed by atoms with E-state index in [0.29, 0.717) is 28.4 Å². The number of halogens is 1. The van der Waals surface area contributed by atoms with Crippen LogP contribution in [0.4, 0.5) is 4.39 Å². The lowest BCUT2D eigenvalue weighted by Crippen LogP contribution is -2.24. The summed E-state index contributed by atoms with van der Waals surface area (Å²) in [6.07, 6.45) is 0. The molecule has 0 bridgehead atoms. The van der Waals surface area contributed by atoms with Crippen LogP contribution in [0, 0.1) is 12.7 Å². The maximum Gasteiger partial charge on any atom is 0.262 e. The van der Waals surface area contributed by atoms with Gasteiger partial charge in [-0.1, -0.05) is 65.9 Å². The Hall–Kier alpha value is -2.92. The number of aryl methyl sites for hydroxylation is 1. The third-order valence-corrected chi connectivity index (χ3v) is 5.59. The minimum Gasteiger partial charge on any atom is -0.283 e. The highest BCUT2D eigenvalue weighted by atomic mass is 32.2. The average molecular weight is 390 g/mol. The fourth-order valence-corrected chi connectivity index (χ4v) is 3.99. The Labute approximate surface area is 166 Å². The Bertz CT molecular complexity index is 1190. The second-order valence-corrected chi connectivity index (χ2v) is 7.65. The highest BCUT2D eigenvalue weighted by Crippen LogP contribution is 2.23. The summed E-state index contributed by atoms with van der Waals surface area (Å²) in [4.78, 5) is 17.9. The van der Waals surface area contributed by atoms with Gasteiger partial charge >= 0.3 is 0 Å². The summed E-state index contributed by atoms with van der Waals surface area (Å²) in [5.41, 5.74) is 3.68. The molecule has 0 N–H and O–H groups in total. The molecule has 140 valence electrons. The topological polar surface area (TPSA) is 34.9 Å². The molecule has 3 nitrogen and oxygen atoms in total. The van der Waals surface area contributed by atoms with Crippen molar-refractivity contribution in [3.63, 3.8) is 0 Å². The summed E-state index contributed by atoms with van der Waals surface area (Å²) in [5, 5.41) is 1.23. The van der Waals surface area contributed by atoms with Crippen LogP contribution in [-0.2, 0) is 12.3 Å². The van der Waals surface area contributed by atoms with Crippen LogP contribution in [0.25, 0.3) is 10.9 Å². The molecule has 0 saturated heterocycles. The molecule has 4 aromatic rings. The van der Waals surface area contributed by atoms with Gasteiger partial charge in [0.1, 0.15) is 5.82 Å². The van der Waals surface area contributed by atoms with Crippen molar-refractivity contribution >= 4 is 22.7 Å². The van der Waals surface area contributed by atoms with E-state index in [1.165, 1.54) is 29.5 Å². The molecule has 4 rings (SSSR count). The Morgan fingerprint density at radius 3 is 2.54 bits per heavy atom. The van der Waals surface area contributed by atoms with E-state index in [4.69, 9.17) is 4.98 Å². The van der Waals surface area contributed by atoms with Crippen LogP contribution in [0.3, 0.4) is 0 Å². The van der Waals surface area contributed by atoms with E-state index in [0.717, 1.165) is 11.1 Å². The monoisotopic (exact) mass is 390 g/mol. The van der Waals surface area contributed by atoms with Crippen LogP contribution >= 0.6 is 11.8 Å². The second-order valence-electron chi connectivity index (χ2n) is 6.71. The number of thioether (sulfide) groups is 1. The van der Waals surface area contributed by atoms with Gasteiger partial charge in [-0.15, -0.1) is 0 Å². The fraction of sp³-hybridized carbons (Fsp3) is 0.130. The number of aromatic nitrogens is 2. The molecule has 0 atom stereocenters. The number of nitrogens with zero attached hydrogens (tertiary/aromatic N) is 2. The zero-order chi connectivity index (χ0) is 19.5. The van der Waals surface area contributed by atoms with Crippen LogP contribution in [0.1, 0.15) is 16.7 Å². The van der Waals surface area contributed by atoms with E-state index in [1.807, 2.05) is 55.5 Å². The van der Waals surface area contributed by atoms with Crippen molar-refractivity contribution in [1.82, 2.24) is 9.55 Å². The third-order valence-electron chi connectivity index (χ3n) is 4.54. The Morgan fingerprint density at radius 2 is 1.75 bits per heavy atom. The van der Waals surface area contributed by atoms with Gasteiger partial charge in [-0.2, -0.15) is 0 Å². The van der Waals surface area contributed by atoms with Gasteiger partial charge in [0.15, 0.2) is 5.16 Å². The third kappa shape index (κ3) is 3.99. The van der Waals surface area contributed by atoms with E-state index in [1.54, 1.807) is 16.7 Å². The molecule has 0 unspecified atom stereocenters. The van der Waals surface area contributed by atoms with Crippen LogP contribution in [0.2, 0.25) is 0 Å². The Morgan fingerprint density at radius 1 is 0.964 bits per heavy atom. The van der Waals surface area contributed by atoms with E-state index < -0.39 is 0 Å². The second kappa shape index (κ2) is 7.98. The lowest BCUT2D eigenvalue weighted by atomic mass is 10.1. The van der Waals surface area contributed by atoms with Gasteiger partial charge in [-0.25, -0.2) is 9.37 Å². The molecule has 0 radical (unpaired) electrons. The molecule has 0 spiro atoms. The largest absolute Gasteiger partial charge is 0.283 e. The van der Waals surface area contributed by atoms with Gasteiger partial charge in [-0.3, -0.25) is 9.36 Å². The minimum absolute atomic E-state index is 0.0621. The van der Waals surface area contributed by atoms with E-state index in [9.17, 15) is 9.18 Å². The van der Waals surface area contributed by atoms with Crippen molar-refractivity contribution in [1.29, 1.82) is 0 Å². The predicted octanol–water partition coefficient (Wildman–Crippen LogP) is 5.18. The van der Waals surface area contributed by atoms with Gasteiger partial charge in [-0.05, 0) is 42.3 Å². The number of fused-ring (bicyclic) bond motifs is 1.